The number of para-hydroxylation sites is 2. The number of ether oxygens (including phenoxy) is 3. The first-order valence-electron chi connectivity index (χ1n) is 13.7. The summed E-state index contributed by atoms with van der Waals surface area (Å²) in [7, 11) is 3.08. The molecular formula is C34H28N4O6. The first kappa shape index (κ1) is 28.2. The van der Waals surface area contributed by atoms with Gasteiger partial charge in [-0.2, -0.15) is 9.78 Å². The molecular weight excluding hydrogens is 560 g/mol. The van der Waals surface area contributed by atoms with Crippen LogP contribution in [0.1, 0.15) is 11.1 Å². The number of benzene rings is 4. The number of nitrogens with one attached hydrogen (secondary N) is 1. The lowest BCUT2D eigenvalue weighted by Crippen LogP contribution is -2.21. The fourth-order valence-corrected chi connectivity index (χ4v) is 4.75. The summed E-state index contributed by atoms with van der Waals surface area (Å²) < 4.78 is 24.2. The minimum Gasteiger partial charge on any atom is -0.496 e. The van der Waals surface area contributed by atoms with Crippen LogP contribution in [0, 0.1) is 6.92 Å². The molecule has 0 aliphatic carbocycles. The van der Waals surface area contributed by atoms with Crippen LogP contribution in [0.3, 0.4) is 0 Å². The normalized spacial score (nSPS) is 11.2. The Kier molecular flexibility index (Phi) is 7.79. The van der Waals surface area contributed by atoms with E-state index >= 15 is 0 Å². The smallest absolute Gasteiger partial charge is 0.282 e. The molecule has 6 aromatic rings. The van der Waals surface area contributed by atoms with Gasteiger partial charge in [0.2, 0.25) is 5.82 Å². The second-order valence-electron chi connectivity index (χ2n) is 9.88. The van der Waals surface area contributed by atoms with Crippen LogP contribution in [0.2, 0.25) is 0 Å². The third-order valence-electron chi connectivity index (χ3n) is 6.94. The topological polar surface area (TPSA) is 117 Å². The molecule has 6 rings (SSSR count). The Balaban J connectivity index is 1.38. The zero-order valence-corrected chi connectivity index (χ0v) is 24.2. The van der Waals surface area contributed by atoms with Gasteiger partial charge >= 0.3 is 0 Å². The third-order valence-corrected chi connectivity index (χ3v) is 6.94. The van der Waals surface area contributed by atoms with Crippen molar-refractivity contribution >= 4 is 39.7 Å². The molecule has 0 fully saturated rings. The lowest BCUT2D eigenvalue weighted by Gasteiger charge is -2.13. The van der Waals surface area contributed by atoms with Crippen molar-refractivity contribution in [3.05, 3.63) is 112 Å². The first-order valence-corrected chi connectivity index (χ1v) is 13.7. The van der Waals surface area contributed by atoms with E-state index in [-0.39, 0.29) is 24.1 Å². The third kappa shape index (κ3) is 5.60. The summed E-state index contributed by atoms with van der Waals surface area (Å²) in [5.41, 5.74) is 2.90. The Labute approximate surface area is 252 Å². The monoisotopic (exact) mass is 588 g/mol. The minimum atomic E-state index is -0.392. The Bertz CT molecular complexity index is 2080. The molecule has 0 atom stereocenters. The molecule has 4 aromatic carbocycles. The van der Waals surface area contributed by atoms with Crippen LogP contribution in [0.5, 0.6) is 17.2 Å². The van der Waals surface area contributed by atoms with Crippen LogP contribution >= 0.6 is 0 Å². The number of aryl methyl sites for hydroxylation is 1. The molecule has 0 aliphatic rings. The molecule has 0 saturated carbocycles. The van der Waals surface area contributed by atoms with Crippen LogP contribution in [0.4, 0.5) is 5.69 Å². The van der Waals surface area contributed by atoms with Crippen molar-refractivity contribution in [1.29, 1.82) is 0 Å². The highest BCUT2D eigenvalue weighted by molar-refractivity contribution is 5.92. The van der Waals surface area contributed by atoms with Crippen molar-refractivity contribution in [3.63, 3.8) is 0 Å². The highest BCUT2D eigenvalue weighted by Gasteiger charge is 2.19. The summed E-state index contributed by atoms with van der Waals surface area (Å²) >= 11 is 0. The Morgan fingerprint density at radius 2 is 1.68 bits per heavy atom. The number of hydrogen-bond acceptors (Lipinski definition) is 8. The highest BCUT2D eigenvalue weighted by Crippen LogP contribution is 2.33. The Hall–Kier alpha value is -5.90. The molecule has 2 heterocycles. The molecule has 10 heteroatoms. The maximum Gasteiger partial charge on any atom is 0.282 e. The van der Waals surface area contributed by atoms with Gasteiger partial charge in [0.25, 0.3) is 11.5 Å². The van der Waals surface area contributed by atoms with E-state index in [1.54, 1.807) is 49.6 Å². The molecule has 2 aromatic heterocycles. The molecule has 1 N–H and O–H groups in total. The molecule has 10 nitrogen and oxygen atoms in total. The van der Waals surface area contributed by atoms with Crippen molar-refractivity contribution in [2.24, 2.45) is 5.10 Å². The summed E-state index contributed by atoms with van der Waals surface area (Å²) in [5, 5.41) is 8.47. The zero-order chi connectivity index (χ0) is 30.6. The summed E-state index contributed by atoms with van der Waals surface area (Å²) in [6.45, 7) is 1.69. The van der Waals surface area contributed by atoms with E-state index in [1.165, 1.54) is 18.0 Å². The van der Waals surface area contributed by atoms with Crippen LogP contribution in [0.25, 0.3) is 33.5 Å². The Morgan fingerprint density at radius 1 is 0.932 bits per heavy atom. The second-order valence-corrected chi connectivity index (χ2v) is 9.88. The van der Waals surface area contributed by atoms with Gasteiger partial charge < -0.3 is 23.9 Å². The van der Waals surface area contributed by atoms with E-state index in [4.69, 9.17) is 23.6 Å². The fourth-order valence-electron chi connectivity index (χ4n) is 4.75. The van der Waals surface area contributed by atoms with Crippen molar-refractivity contribution in [3.8, 4) is 28.8 Å². The molecule has 0 bridgehead atoms. The van der Waals surface area contributed by atoms with E-state index in [9.17, 15) is 9.59 Å². The maximum absolute atomic E-state index is 13.7. The SMILES string of the molecule is COc1cccc(C=Nn2c(-c3cc4c(OC)cccc4o3)nc3ccccc3c2=O)c1OCC(=O)Nc1ccc(C)cc1. The minimum absolute atomic E-state index is 0.200. The number of hydrogen-bond donors (Lipinski definition) is 1. The van der Waals surface area contributed by atoms with Crippen molar-refractivity contribution in [1.82, 2.24) is 9.66 Å². The van der Waals surface area contributed by atoms with Gasteiger partial charge in [-0.25, -0.2) is 4.98 Å². The molecule has 220 valence electrons. The van der Waals surface area contributed by atoms with E-state index < -0.39 is 5.56 Å². The average Bonchev–Trinajstić information content (AvgIpc) is 3.49. The number of methoxy groups -OCH3 is 2. The number of carbonyl (C=O) groups is 1. The summed E-state index contributed by atoms with van der Waals surface area (Å²) in [6, 6.07) is 26.9. The second kappa shape index (κ2) is 12.1. The molecule has 1 amide bonds. The number of nitrogens with zero attached hydrogens (tertiary/aromatic N) is 3. The molecule has 44 heavy (non-hydrogen) atoms. The van der Waals surface area contributed by atoms with Crippen LogP contribution < -0.4 is 25.1 Å². The van der Waals surface area contributed by atoms with E-state index in [2.05, 4.69) is 10.4 Å². The highest BCUT2D eigenvalue weighted by atomic mass is 16.5. The van der Waals surface area contributed by atoms with Gasteiger partial charge in [-0.05, 0) is 61.5 Å². The van der Waals surface area contributed by atoms with Crippen molar-refractivity contribution in [2.75, 3.05) is 26.1 Å². The van der Waals surface area contributed by atoms with E-state index in [0.717, 1.165) is 10.9 Å². The van der Waals surface area contributed by atoms with Gasteiger partial charge in [0, 0.05) is 11.3 Å². The van der Waals surface area contributed by atoms with Crippen LogP contribution in [-0.4, -0.2) is 42.6 Å². The van der Waals surface area contributed by atoms with Gasteiger partial charge in [-0.15, -0.1) is 0 Å². The van der Waals surface area contributed by atoms with Crippen molar-refractivity contribution < 1.29 is 23.4 Å². The number of aromatic nitrogens is 2. The number of rotatable bonds is 9. The fraction of sp³-hybridized carbons (Fsp3) is 0.118. The number of fused-ring (bicyclic) bond motifs is 2. The molecule has 0 aliphatic heterocycles. The van der Waals surface area contributed by atoms with Crippen LogP contribution in [0.15, 0.2) is 105 Å². The lowest BCUT2D eigenvalue weighted by molar-refractivity contribution is -0.118. The van der Waals surface area contributed by atoms with Gasteiger partial charge in [0.1, 0.15) is 11.3 Å². The molecule has 0 spiro atoms. The number of furan rings is 1. The van der Waals surface area contributed by atoms with Gasteiger partial charge in [0.05, 0.1) is 36.7 Å². The quantitative estimate of drug-likeness (QED) is 0.205. The van der Waals surface area contributed by atoms with Gasteiger partial charge in [0.15, 0.2) is 23.9 Å². The van der Waals surface area contributed by atoms with E-state index in [0.29, 0.717) is 45.0 Å². The van der Waals surface area contributed by atoms with Crippen molar-refractivity contribution in [2.45, 2.75) is 6.92 Å². The van der Waals surface area contributed by atoms with E-state index in [1.807, 2.05) is 55.5 Å². The molecule has 0 unspecified atom stereocenters. The Morgan fingerprint density at radius 3 is 2.48 bits per heavy atom. The number of amides is 1. The van der Waals surface area contributed by atoms with Gasteiger partial charge in [-0.3, -0.25) is 9.59 Å². The molecule has 0 saturated heterocycles. The standard InChI is InChI=1S/C34H28N4O6/c1-21-14-16-23(17-15-21)36-31(39)20-43-32-22(8-6-13-29(32)42-3)19-35-38-33(37-26-10-5-4-9-24(26)34(38)40)30-18-25-27(41-2)11-7-12-28(25)44-30/h4-19H,20H2,1-3H3,(H,36,39). The molecule has 0 radical (unpaired) electrons. The predicted molar refractivity (Wildman–Crippen MR) is 169 cm³/mol. The van der Waals surface area contributed by atoms with Crippen LogP contribution in [-0.2, 0) is 4.79 Å². The summed E-state index contributed by atoms with van der Waals surface area (Å²) in [4.78, 5) is 31.1. The predicted octanol–water partition coefficient (Wildman–Crippen LogP) is 6.04. The summed E-state index contributed by atoms with van der Waals surface area (Å²) in [6.07, 6.45) is 1.46. The maximum atomic E-state index is 13.7. The lowest BCUT2D eigenvalue weighted by atomic mass is 10.2. The van der Waals surface area contributed by atoms with Gasteiger partial charge in [-0.1, -0.05) is 42.0 Å². The number of anilines is 1. The summed E-state index contributed by atoms with van der Waals surface area (Å²) in [5.74, 6) is 1.49. The first-order chi connectivity index (χ1) is 21.4. The largest absolute Gasteiger partial charge is 0.496 e. The number of carbonyl (C=O) groups excluding carboxylic acids is 1. The zero-order valence-electron chi connectivity index (χ0n) is 24.2. The average molecular weight is 589 g/mol.